The summed E-state index contributed by atoms with van der Waals surface area (Å²) in [5.41, 5.74) is 0. The van der Waals surface area contributed by atoms with E-state index in [2.05, 4.69) is 12.5 Å². The molecule has 0 unspecified atom stereocenters. The molecule has 3 heteroatoms. The molecular weight excluding hydrogens is 207 g/mol. The third-order valence-electron chi connectivity index (χ3n) is 0.167. The maximum atomic E-state index is 2.18. The van der Waals surface area contributed by atoms with Gasteiger partial charge in [0.1, 0.15) is 0 Å². The van der Waals surface area contributed by atoms with Crippen molar-refractivity contribution in [3.63, 3.8) is 0 Å². The summed E-state index contributed by atoms with van der Waals surface area (Å²) in [5.74, 6) is 0. The van der Waals surface area contributed by atoms with Crippen LogP contribution >= 0.6 is 17.9 Å². The van der Waals surface area contributed by atoms with Crippen molar-refractivity contribution in [3.8, 4) is 0 Å². The Bertz CT molecular complexity index is 15.1. The summed E-state index contributed by atoms with van der Waals surface area (Å²) in [6.07, 6.45) is 4.37. The Labute approximate surface area is 48.6 Å². The maximum absolute atomic E-state index is 2.18. The van der Waals surface area contributed by atoms with E-state index < -0.39 is 0 Å². The fourth-order valence-electron chi connectivity index (χ4n) is 0.0833. The van der Waals surface area contributed by atoms with Crippen molar-refractivity contribution in [1.82, 2.24) is 0 Å². The molecule has 0 saturated carbocycles. The van der Waals surface area contributed by atoms with E-state index in [9.17, 15) is 0 Å². The van der Waals surface area contributed by atoms with Gasteiger partial charge in [-0.15, -0.1) is 0 Å². The van der Waals surface area contributed by atoms with Crippen LogP contribution in [0, 0.1) is 0 Å². The third kappa shape index (κ3) is 5.50. The molecule has 0 aliphatic carbocycles. The zero-order chi connectivity index (χ0) is 4.12. The van der Waals surface area contributed by atoms with Gasteiger partial charge in [0.2, 0.25) is 0 Å². The molecule has 0 aliphatic heterocycles. The van der Waals surface area contributed by atoms with E-state index in [1.807, 2.05) is 17.9 Å². The van der Waals surface area contributed by atoms with Crippen molar-refractivity contribution in [2.45, 2.75) is 0 Å². The topological polar surface area (TPSA) is 0 Å². The Kier molecular flexibility index (Phi) is 7.15. The average Bonchev–Trinajstić information content (AvgIpc) is 1.41. The summed E-state index contributed by atoms with van der Waals surface area (Å²) in [5, 5.41) is 0. The first-order valence-corrected chi connectivity index (χ1v) is 10.7. The molecule has 0 aliphatic rings. The van der Waals surface area contributed by atoms with Gasteiger partial charge >= 0.3 is 48.8 Å². The van der Waals surface area contributed by atoms with E-state index in [0.717, 1.165) is 0 Å². The van der Waals surface area contributed by atoms with Crippen LogP contribution in [0.1, 0.15) is 0 Å². The Morgan fingerprint density at radius 1 is 1.20 bits per heavy atom. The fourth-order valence-corrected chi connectivity index (χ4v) is 5.03. The molecule has 30 valence electrons. The molecular formula is C2H6S2Sn. The summed E-state index contributed by atoms with van der Waals surface area (Å²) in [6.45, 7) is 0. The van der Waals surface area contributed by atoms with Gasteiger partial charge in [-0.25, -0.2) is 0 Å². The molecule has 0 heterocycles. The summed E-state index contributed by atoms with van der Waals surface area (Å²) >= 11 is 0.0511. The first-order valence-electron chi connectivity index (χ1n) is 1.22. The van der Waals surface area contributed by atoms with Gasteiger partial charge in [0, 0.05) is 0 Å². The quantitative estimate of drug-likeness (QED) is 0.633. The predicted octanol–water partition coefficient (Wildman–Crippen LogP) is 1.25. The van der Waals surface area contributed by atoms with E-state index >= 15 is 0 Å². The minimum absolute atomic E-state index is 0.0511. The molecule has 0 aromatic carbocycles. The van der Waals surface area contributed by atoms with Gasteiger partial charge < -0.3 is 0 Å². The Morgan fingerprint density at radius 2 is 1.60 bits per heavy atom. The van der Waals surface area contributed by atoms with Crippen LogP contribution in [0.2, 0.25) is 0 Å². The van der Waals surface area contributed by atoms with E-state index in [4.69, 9.17) is 0 Å². The standard InChI is InChI=1S/2CH4S.Sn/c2*1-2;/h2*2H,1H3;/q;;+2/p-2. The number of rotatable bonds is 2. The molecule has 0 fully saturated rings. The molecule has 0 atom stereocenters. The fraction of sp³-hybridized carbons (Fsp3) is 1.00. The molecule has 0 aromatic rings. The molecule has 0 saturated heterocycles. The van der Waals surface area contributed by atoms with Crippen LogP contribution in [0.25, 0.3) is 0 Å². The second-order valence-electron chi connectivity index (χ2n) is 0.492. The molecule has 0 aromatic heterocycles. The summed E-state index contributed by atoms with van der Waals surface area (Å²) in [4.78, 5) is 0. The van der Waals surface area contributed by atoms with Crippen molar-refractivity contribution < 1.29 is 0 Å². The van der Waals surface area contributed by atoms with Gasteiger partial charge in [-0.1, -0.05) is 0 Å². The summed E-state index contributed by atoms with van der Waals surface area (Å²) in [6, 6.07) is 0. The molecule has 5 heavy (non-hydrogen) atoms. The predicted molar refractivity (Wildman–Crippen MR) is 32.8 cm³/mol. The Hall–Kier alpha value is 1.50. The number of hydrogen-bond donors (Lipinski definition) is 0. The SMILES string of the molecule is C[S][Sn][S]C. The monoisotopic (exact) mass is 214 g/mol. The molecule has 0 amide bonds. The molecule has 0 nitrogen and oxygen atoms in total. The van der Waals surface area contributed by atoms with Crippen molar-refractivity contribution in [2.24, 2.45) is 0 Å². The van der Waals surface area contributed by atoms with Crippen molar-refractivity contribution in [3.05, 3.63) is 0 Å². The van der Waals surface area contributed by atoms with Crippen molar-refractivity contribution >= 4 is 36.3 Å². The van der Waals surface area contributed by atoms with Gasteiger partial charge in [0.25, 0.3) is 0 Å². The first-order chi connectivity index (χ1) is 2.41. The average molecular weight is 213 g/mol. The van der Waals surface area contributed by atoms with E-state index in [0.29, 0.717) is 0 Å². The minimum atomic E-state index is 0.0511. The van der Waals surface area contributed by atoms with Gasteiger partial charge in [0.15, 0.2) is 0 Å². The third-order valence-corrected chi connectivity index (χ3v) is 10.1. The van der Waals surface area contributed by atoms with E-state index in [1.54, 1.807) is 0 Å². The zero-order valence-corrected chi connectivity index (χ0v) is 7.80. The van der Waals surface area contributed by atoms with Gasteiger partial charge in [-0.2, -0.15) is 0 Å². The van der Waals surface area contributed by atoms with Crippen LogP contribution in [-0.4, -0.2) is 30.9 Å². The first kappa shape index (κ1) is 6.50. The van der Waals surface area contributed by atoms with Crippen LogP contribution in [0.15, 0.2) is 0 Å². The van der Waals surface area contributed by atoms with Gasteiger partial charge in [-0.05, 0) is 0 Å². The molecule has 0 N–H and O–H groups in total. The van der Waals surface area contributed by atoms with Crippen LogP contribution in [0.5, 0.6) is 0 Å². The zero-order valence-electron chi connectivity index (χ0n) is 3.32. The number of hydrogen-bond acceptors (Lipinski definition) is 2. The molecule has 0 spiro atoms. The normalized spacial score (nSPS) is 8.40. The van der Waals surface area contributed by atoms with Crippen LogP contribution in [0.3, 0.4) is 0 Å². The van der Waals surface area contributed by atoms with Crippen LogP contribution in [-0.2, 0) is 0 Å². The van der Waals surface area contributed by atoms with Crippen LogP contribution < -0.4 is 0 Å². The molecule has 0 bridgehead atoms. The second kappa shape index (κ2) is 5.50. The van der Waals surface area contributed by atoms with Gasteiger partial charge in [-0.3, -0.25) is 0 Å². The molecule has 2 radical (unpaired) electrons. The molecule has 0 rings (SSSR count). The van der Waals surface area contributed by atoms with Crippen molar-refractivity contribution in [1.29, 1.82) is 0 Å². The Balaban J connectivity index is 2.19. The summed E-state index contributed by atoms with van der Waals surface area (Å²) < 4.78 is 0. The summed E-state index contributed by atoms with van der Waals surface area (Å²) in [7, 11) is 4.07. The van der Waals surface area contributed by atoms with Gasteiger partial charge in [0.05, 0.1) is 0 Å². The van der Waals surface area contributed by atoms with E-state index in [1.165, 1.54) is 0 Å². The Morgan fingerprint density at radius 3 is 1.60 bits per heavy atom. The second-order valence-corrected chi connectivity index (χ2v) is 13.2. The van der Waals surface area contributed by atoms with Crippen molar-refractivity contribution in [2.75, 3.05) is 12.5 Å². The van der Waals surface area contributed by atoms with E-state index in [-0.39, 0.29) is 18.4 Å². The van der Waals surface area contributed by atoms with Crippen LogP contribution in [0.4, 0.5) is 0 Å².